The van der Waals surface area contributed by atoms with Crippen LogP contribution in [0, 0.1) is 0 Å². The summed E-state index contributed by atoms with van der Waals surface area (Å²) in [4.78, 5) is 16.6. The smallest absolute Gasteiger partial charge is 0.327 e. The van der Waals surface area contributed by atoms with Gasteiger partial charge in [0.1, 0.15) is 6.54 Å². The first-order valence-corrected chi connectivity index (χ1v) is 9.15. The van der Waals surface area contributed by atoms with Crippen LogP contribution in [0.3, 0.4) is 0 Å². The summed E-state index contributed by atoms with van der Waals surface area (Å²) in [7, 11) is 0. The molecule has 0 unspecified atom stereocenters. The summed E-state index contributed by atoms with van der Waals surface area (Å²) >= 11 is 6.28. The minimum atomic E-state index is -0.306. The minimum absolute atomic E-state index is 0.0824. The number of hydrogen-bond acceptors (Lipinski definition) is 4. The SMILES string of the molecule is CCOC(=O)Cn1cc2c(n1)CN=C(c1ccccc1)c1cc(Cl)ccc1-2. The van der Waals surface area contributed by atoms with Crippen molar-refractivity contribution >= 4 is 23.3 Å². The first kappa shape index (κ1) is 17.5. The maximum Gasteiger partial charge on any atom is 0.327 e. The summed E-state index contributed by atoms with van der Waals surface area (Å²) in [5, 5.41) is 5.21. The number of nitrogens with zero attached hydrogens (tertiary/aromatic N) is 3. The van der Waals surface area contributed by atoms with Crippen molar-refractivity contribution in [3.8, 4) is 11.1 Å². The first-order chi connectivity index (χ1) is 13.2. The van der Waals surface area contributed by atoms with E-state index in [4.69, 9.17) is 21.3 Å². The average molecular weight is 380 g/mol. The molecule has 0 amide bonds. The second-order valence-electron chi connectivity index (χ2n) is 6.21. The fourth-order valence-corrected chi connectivity index (χ4v) is 3.42. The van der Waals surface area contributed by atoms with E-state index in [1.807, 2.05) is 54.7 Å². The standard InChI is InChI=1S/C21H18ClN3O2/c1-2-27-20(26)13-25-12-18-16-9-8-15(22)10-17(16)21(23-11-19(18)24-25)14-6-4-3-5-7-14/h3-10,12H,2,11,13H2,1H3. The number of aliphatic imine (C=N–C) groups is 1. The second kappa shape index (κ2) is 7.37. The second-order valence-corrected chi connectivity index (χ2v) is 6.65. The number of benzene rings is 2. The molecule has 4 rings (SSSR count). The van der Waals surface area contributed by atoms with Gasteiger partial charge in [0.2, 0.25) is 0 Å². The maximum atomic E-state index is 11.8. The van der Waals surface area contributed by atoms with Crippen LogP contribution in [-0.2, 0) is 22.6 Å². The Morgan fingerprint density at radius 1 is 1.15 bits per heavy atom. The molecule has 1 aliphatic heterocycles. The number of fused-ring (bicyclic) bond motifs is 3. The monoisotopic (exact) mass is 379 g/mol. The third-order valence-electron chi connectivity index (χ3n) is 4.40. The highest BCUT2D eigenvalue weighted by atomic mass is 35.5. The molecule has 0 aliphatic carbocycles. The summed E-state index contributed by atoms with van der Waals surface area (Å²) in [6, 6.07) is 15.8. The van der Waals surface area contributed by atoms with E-state index in [0.717, 1.165) is 33.7 Å². The molecule has 3 aromatic rings. The number of ether oxygens (including phenoxy) is 1. The zero-order chi connectivity index (χ0) is 18.8. The number of rotatable bonds is 4. The van der Waals surface area contributed by atoms with E-state index in [9.17, 15) is 4.79 Å². The summed E-state index contributed by atoms with van der Waals surface area (Å²) in [6.45, 7) is 2.66. The van der Waals surface area contributed by atoms with Crippen LogP contribution < -0.4 is 0 Å². The summed E-state index contributed by atoms with van der Waals surface area (Å²) < 4.78 is 6.63. The number of carbonyl (C=O) groups is 1. The van der Waals surface area contributed by atoms with Crippen molar-refractivity contribution in [1.29, 1.82) is 0 Å². The predicted molar refractivity (Wildman–Crippen MR) is 105 cm³/mol. The lowest BCUT2D eigenvalue weighted by Gasteiger charge is -2.11. The molecule has 136 valence electrons. The quantitative estimate of drug-likeness (QED) is 0.641. The van der Waals surface area contributed by atoms with Crippen molar-refractivity contribution in [2.75, 3.05) is 6.61 Å². The fourth-order valence-electron chi connectivity index (χ4n) is 3.25. The van der Waals surface area contributed by atoms with E-state index in [1.165, 1.54) is 0 Å². The van der Waals surface area contributed by atoms with E-state index >= 15 is 0 Å². The number of esters is 1. The number of hydrogen-bond donors (Lipinski definition) is 0. The lowest BCUT2D eigenvalue weighted by molar-refractivity contribution is -0.144. The zero-order valence-corrected chi connectivity index (χ0v) is 15.6. The van der Waals surface area contributed by atoms with E-state index in [2.05, 4.69) is 5.10 Å². The van der Waals surface area contributed by atoms with Gasteiger partial charge in [-0.15, -0.1) is 0 Å². The van der Waals surface area contributed by atoms with Gasteiger partial charge in [0.05, 0.1) is 24.6 Å². The summed E-state index contributed by atoms with van der Waals surface area (Å²) in [5.74, 6) is -0.306. The Morgan fingerprint density at radius 2 is 1.96 bits per heavy atom. The van der Waals surface area contributed by atoms with Crippen LogP contribution >= 0.6 is 11.6 Å². The number of carbonyl (C=O) groups excluding carboxylic acids is 1. The van der Waals surface area contributed by atoms with Crippen LogP contribution in [0.5, 0.6) is 0 Å². The van der Waals surface area contributed by atoms with Crippen molar-refractivity contribution in [2.45, 2.75) is 20.0 Å². The third kappa shape index (κ3) is 3.51. The topological polar surface area (TPSA) is 56.5 Å². The predicted octanol–water partition coefficient (Wildman–Crippen LogP) is 4.12. The normalized spacial score (nSPS) is 12.6. The van der Waals surface area contributed by atoms with Gasteiger partial charge >= 0.3 is 5.97 Å². The Kier molecular flexibility index (Phi) is 4.77. The van der Waals surface area contributed by atoms with Crippen LogP contribution in [-0.4, -0.2) is 28.1 Å². The lowest BCUT2D eigenvalue weighted by atomic mass is 9.94. The third-order valence-corrected chi connectivity index (χ3v) is 4.63. The van der Waals surface area contributed by atoms with Crippen molar-refractivity contribution in [1.82, 2.24) is 9.78 Å². The molecule has 6 heteroatoms. The van der Waals surface area contributed by atoms with Gasteiger partial charge in [0, 0.05) is 27.9 Å². The molecule has 0 atom stereocenters. The largest absolute Gasteiger partial charge is 0.465 e. The lowest BCUT2D eigenvalue weighted by Crippen LogP contribution is -2.14. The Hall–Kier alpha value is -2.92. The van der Waals surface area contributed by atoms with Gasteiger partial charge in [-0.3, -0.25) is 14.5 Å². The van der Waals surface area contributed by atoms with Crippen LogP contribution in [0.25, 0.3) is 11.1 Å². The molecule has 2 heterocycles. The van der Waals surface area contributed by atoms with Crippen LogP contribution in [0.15, 0.2) is 59.7 Å². The van der Waals surface area contributed by atoms with Gasteiger partial charge in [-0.1, -0.05) is 48.0 Å². The fraction of sp³-hybridized carbons (Fsp3) is 0.190. The van der Waals surface area contributed by atoms with E-state index in [0.29, 0.717) is 18.2 Å². The molecule has 2 aromatic carbocycles. The zero-order valence-electron chi connectivity index (χ0n) is 14.9. The van der Waals surface area contributed by atoms with Gasteiger partial charge in [0.15, 0.2) is 0 Å². The van der Waals surface area contributed by atoms with Gasteiger partial charge < -0.3 is 4.74 Å². The van der Waals surface area contributed by atoms with Crippen molar-refractivity contribution in [3.05, 3.63) is 76.6 Å². The maximum absolute atomic E-state index is 11.8. The number of halogens is 1. The molecule has 0 spiro atoms. The molecule has 5 nitrogen and oxygen atoms in total. The van der Waals surface area contributed by atoms with E-state index in [1.54, 1.807) is 11.6 Å². The van der Waals surface area contributed by atoms with Crippen molar-refractivity contribution in [3.63, 3.8) is 0 Å². The van der Waals surface area contributed by atoms with E-state index < -0.39 is 0 Å². The average Bonchev–Trinajstić information content (AvgIpc) is 2.99. The molecule has 1 aromatic heterocycles. The van der Waals surface area contributed by atoms with Crippen LogP contribution in [0.2, 0.25) is 5.02 Å². The van der Waals surface area contributed by atoms with Crippen LogP contribution in [0.4, 0.5) is 0 Å². The van der Waals surface area contributed by atoms with Gasteiger partial charge in [-0.05, 0) is 24.6 Å². The molecular weight excluding hydrogens is 362 g/mol. The molecule has 0 saturated carbocycles. The highest BCUT2D eigenvalue weighted by molar-refractivity contribution is 6.31. The highest BCUT2D eigenvalue weighted by Crippen LogP contribution is 2.33. The minimum Gasteiger partial charge on any atom is -0.465 e. The molecular formula is C21H18ClN3O2. The molecule has 1 aliphatic rings. The Bertz CT molecular complexity index is 1030. The molecule has 0 radical (unpaired) electrons. The van der Waals surface area contributed by atoms with Gasteiger partial charge in [0.25, 0.3) is 0 Å². The molecule has 0 fully saturated rings. The van der Waals surface area contributed by atoms with Gasteiger partial charge in [-0.2, -0.15) is 5.10 Å². The highest BCUT2D eigenvalue weighted by Gasteiger charge is 2.22. The van der Waals surface area contributed by atoms with Crippen molar-refractivity contribution in [2.24, 2.45) is 4.99 Å². The molecule has 0 N–H and O–H groups in total. The molecule has 0 saturated heterocycles. The number of aromatic nitrogens is 2. The Balaban J connectivity index is 1.80. The Morgan fingerprint density at radius 3 is 2.74 bits per heavy atom. The first-order valence-electron chi connectivity index (χ1n) is 8.78. The van der Waals surface area contributed by atoms with Crippen molar-refractivity contribution < 1.29 is 9.53 Å². The summed E-state index contributed by atoms with van der Waals surface area (Å²) in [5.41, 5.74) is 5.68. The van der Waals surface area contributed by atoms with E-state index in [-0.39, 0.29) is 12.5 Å². The molecule has 27 heavy (non-hydrogen) atoms. The molecule has 0 bridgehead atoms. The van der Waals surface area contributed by atoms with Crippen LogP contribution in [0.1, 0.15) is 23.7 Å². The van der Waals surface area contributed by atoms with Gasteiger partial charge in [-0.25, -0.2) is 0 Å². The summed E-state index contributed by atoms with van der Waals surface area (Å²) in [6.07, 6.45) is 1.88. The Labute approximate surface area is 162 Å².